The Kier molecular flexibility index (Phi) is 14.1. The smallest absolute Gasteiger partial charge is 0.184 e. The molecule has 9 rings (SSSR count). The van der Waals surface area contributed by atoms with E-state index in [-0.39, 0.29) is 26.2 Å². The predicted octanol–water partition coefficient (Wildman–Crippen LogP) is 13.7. The maximum atomic E-state index is 3.31. The molecule has 0 bridgehead atoms. The summed E-state index contributed by atoms with van der Waals surface area (Å²) in [4.78, 5) is 0. The van der Waals surface area contributed by atoms with Crippen molar-refractivity contribution in [3.63, 3.8) is 0 Å². The topological polar surface area (TPSA) is 0 Å². The molecule has 0 spiro atoms. The first-order valence-corrected chi connectivity index (χ1v) is 21.3. The summed E-state index contributed by atoms with van der Waals surface area (Å²) in [5.41, 5.74) is 14.1. The third-order valence-corrected chi connectivity index (χ3v) is 12.1. The summed E-state index contributed by atoms with van der Waals surface area (Å²) in [5, 5.41) is 8.36. The average molecular weight is 821 g/mol. The van der Waals surface area contributed by atoms with Gasteiger partial charge in [0, 0.05) is 0 Å². The number of hydrogen-bond acceptors (Lipinski definition) is 0. The number of aryl methyl sites for hydroxylation is 2. The molecule has 1 aliphatic heterocycles. The van der Waals surface area contributed by atoms with Crippen molar-refractivity contribution in [2.45, 2.75) is 79.1 Å². The summed E-state index contributed by atoms with van der Waals surface area (Å²) in [6.45, 7) is 13.6. The van der Waals surface area contributed by atoms with Gasteiger partial charge in [0.15, 0.2) is 0 Å². The van der Waals surface area contributed by atoms with E-state index in [1.807, 2.05) is 6.07 Å². The summed E-state index contributed by atoms with van der Waals surface area (Å²) in [7, 11) is 0.795. The normalized spacial score (nSPS) is 11.4. The van der Waals surface area contributed by atoms with Gasteiger partial charge in [0.05, 0.1) is 9.52 Å². The van der Waals surface area contributed by atoms with Crippen molar-refractivity contribution in [3.05, 3.63) is 180 Å². The van der Waals surface area contributed by atoms with Crippen molar-refractivity contribution in [1.82, 2.24) is 0 Å². The Morgan fingerprint density at radius 3 is 1.45 bits per heavy atom. The van der Waals surface area contributed by atoms with Crippen molar-refractivity contribution < 1.29 is 26.2 Å². The minimum atomic E-state index is 0. The van der Waals surface area contributed by atoms with E-state index in [1.54, 1.807) is 0 Å². The maximum absolute atomic E-state index is 3.31. The van der Waals surface area contributed by atoms with E-state index in [4.69, 9.17) is 0 Å². The van der Waals surface area contributed by atoms with E-state index in [9.17, 15) is 0 Å². The maximum Gasteiger partial charge on any atom is 3.00 e. The van der Waals surface area contributed by atoms with Crippen molar-refractivity contribution >= 4 is 41.4 Å². The Hall–Kier alpha value is -4.36. The molecule has 0 amide bonds. The van der Waals surface area contributed by atoms with Crippen LogP contribution in [0.25, 0.3) is 54.9 Å². The fourth-order valence-corrected chi connectivity index (χ4v) is 9.46. The quantitative estimate of drug-likeness (QED) is 0.106. The van der Waals surface area contributed by atoms with E-state index in [1.165, 1.54) is 113 Å². The van der Waals surface area contributed by atoms with Crippen molar-refractivity contribution in [2.75, 3.05) is 0 Å². The molecule has 0 saturated carbocycles. The molecule has 8 aromatic carbocycles. The largest absolute Gasteiger partial charge is 3.00 e. The van der Waals surface area contributed by atoms with Crippen LogP contribution in [0.1, 0.15) is 88.5 Å². The Balaban J connectivity index is 0.000000145. The van der Waals surface area contributed by atoms with Crippen LogP contribution < -0.4 is 10.4 Å². The SMILES string of the molecule is CCCc1cc2c(-c3ccccc3C(C)C)cccc2[cH-]1.CCCc1cc2c(-c3ccccc3C(C)C)cccc2[cH-]1.[Zr+3].[c-]1cccc2c1[Si]c1ccccc1-2. The van der Waals surface area contributed by atoms with Gasteiger partial charge in [-0.05, 0) is 46.9 Å². The van der Waals surface area contributed by atoms with E-state index >= 15 is 0 Å². The second-order valence-electron chi connectivity index (χ2n) is 15.5. The second kappa shape index (κ2) is 19.2. The van der Waals surface area contributed by atoms with Crippen LogP contribution in [-0.4, -0.2) is 9.52 Å². The first-order valence-electron chi connectivity index (χ1n) is 20.3. The standard InChI is InChI=1S/2C21H23.C12H7Si.Zr/c2*1-4-8-16-13-17-9-7-12-20(21(17)14-16)19-11-6-5-10-18(19)15(2)3;1-3-7-11-9(5-1)10-6-2-4-8-12(10)13-11;/h2*5-7,9-15H,4,8H2,1-3H3;1-7H;/q3*-1;+3. The molecule has 0 aliphatic carbocycles. The third-order valence-electron chi connectivity index (χ3n) is 10.8. The Bertz CT molecular complexity index is 2330. The van der Waals surface area contributed by atoms with Crippen LogP contribution >= 0.6 is 0 Å². The molecule has 1 aliphatic rings. The molecule has 0 atom stereocenters. The summed E-state index contributed by atoms with van der Waals surface area (Å²) in [5.74, 6) is 1.09. The molecule has 2 heteroatoms. The number of benzene rings is 6. The van der Waals surface area contributed by atoms with Gasteiger partial charge in [0.1, 0.15) is 0 Å². The summed E-state index contributed by atoms with van der Waals surface area (Å²) in [6, 6.07) is 58.6. The molecule has 0 nitrogen and oxygen atoms in total. The number of fused-ring (bicyclic) bond motifs is 5. The molecule has 0 saturated heterocycles. The molecular formula is C54H53SiZr. The van der Waals surface area contributed by atoms with Crippen molar-refractivity contribution in [3.8, 4) is 33.4 Å². The second-order valence-corrected chi connectivity index (χ2v) is 16.7. The molecule has 1 heterocycles. The molecule has 0 N–H and O–H groups in total. The van der Waals surface area contributed by atoms with Crippen LogP contribution in [0, 0.1) is 6.07 Å². The summed E-state index contributed by atoms with van der Waals surface area (Å²) in [6.07, 6.45) is 4.74. The zero-order valence-electron chi connectivity index (χ0n) is 33.9. The van der Waals surface area contributed by atoms with Crippen LogP contribution in [0.3, 0.4) is 0 Å². The van der Waals surface area contributed by atoms with Crippen molar-refractivity contribution in [1.29, 1.82) is 0 Å². The first-order chi connectivity index (χ1) is 26.9. The fourth-order valence-electron chi connectivity index (χ4n) is 8.15. The molecule has 0 fully saturated rings. The van der Waals surface area contributed by atoms with Gasteiger partial charge >= 0.3 is 26.2 Å². The van der Waals surface area contributed by atoms with Gasteiger partial charge in [0.2, 0.25) is 0 Å². The molecule has 8 aromatic rings. The molecule has 0 aromatic heterocycles. The van der Waals surface area contributed by atoms with Gasteiger partial charge in [-0.1, -0.05) is 161 Å². The molecule has 0 unspecified atom stereocenters. The molecular weight excluding hydrogens is 768 g/mol. The van der Waals surface area contributed by atoms with Crippen molar-refractivity contribution in [2.24, 2.45) is 0 Å². The predicted molar refractivity (Wildman–Crippen MR) is 242 cm³/mol. The Morgan fingerprint density at radius 1 is 0.500 bits per heavy atom. The summed E-state index contributed by atoms with van der Waals surface area (Å²) >= 11 is 0. The van der Waals surface area contributed by atoms with Gasteiger partial charge in [-0.3, -0.25) is 0 Å². The van der Waals surface area contributed by atoms with Crippen LogP contribution in [0.5, 0.6) is 0 Å². The average Bonchev–Trinajstić information content (AvgIpc) is 3.93. The third kappa shape index (κ3) is 9.09. The Morgan fingerprint density at radius 2 is 0.946 bits per heavy atom. The van der Waals surface area contributed by atoms with E-state index in [0.717, 1.165) is 9.52 Å². The van der Waals surface area contributed by atoms with Gasteiger partial charge in [-0.15, -0.1) is 74.6 Å². The van der Waals surface area contributed by atoms with Gasteiger partial charge in [-0.2, -0.15) is 41.6 Å². The van der Waals surface area contributed by atoms with Crippen LogP contribution in [0.4, 0.5) is 0 Å². The van der Waals surface area contributed by atoms with E-state index in [0.29, 0.717) is 11.8 Å². The summed E-state index contributed by atoms with van der Waals surface area (Å²) < 4.78 is 0. The van der Waals surface area contributed by atoms with E-state index in [2.05, 4.69) is 193 Å². The number of hydrogen-bond donors (Lipinski definition) is 0. The number of rotatable bonds is 8. The first kappa shape index (κ1) is 41.3. The fraction of sp³-hybridized carbons (Fsp3) is 0.222. The zero-order valence-corrected chi connectivity index (χ0v) is 37.4. The molecule has 56 heavy (non-hydrogen) atoms. The van der Waals surface area contributed by atoms with Crippen LogP contribution in [-0.2, 0) is 39.0 Å². The Labute approximate surface area is 357 Å². The van der Waals surface area contributed by atoms with Crippen LogP contribution in [0.15, 0.2) is 152 Å². The minimum absolute atomic E-state index is 0. The molecule has 3 radical (unpaired) electrons. The monoisotopic (exact) mass is 819 g/mol. The van der Waals surface area contributed by atoms with Gasteiger partial charge < -0.3 is 0 Å². The molecule has 277 valence electrons. The minimum Gasteiger partial charge on any atom is -0.184 e. The van der Waals surface area contributed by atoms with Crippen LogP contribution in [0.2, 0.25) is 0 Å². The van der Waals surface area contributed by atoms with Gasteiger partial charge in [-0.25, -0.2) is 0 Å². The van der Waals surface area contributed by atoms with Gasteiger partial charge in [0.25, 0.3) is 0 Å². The van der Waals surface area contributed by atoms with E-state index < -0.39 is 0 Å². The zero-order chi connectivity index (χ0) is 38.3.